The van der Waals surface area contributed by atoms with E-state index in [-0.39, 0.29) is 5.56 Å². The minimum Gasteiger partial charge on any atom is -0.496 e. The minimum absolute atomic E-state index is 0.0790. The molecular weight excluding hydrogens is 379 g/mol. The molecule has 2 rings (SSSR count). The van der Waals surface area contributed by atoms with Gasteiger partial charge in [0, 0.05) is 5.56 Å². The highest BCUT2D eigenvalue weighted by atomic mass is 127. The summed E-state index contributed by atoms with van der Waals surface area (Å²) in [5.74, 6) is 1.90. The molecule has 112 valence electrons. The van der Waals surface area contributed by atoms with Gasteiger partial charge in [-0.05, 0) is 65.6 Å². The summed E-state index contributed by atoms with van der Waals surface area (Å²) in [6.45, 7) is 6.22. The molecule has 0 aliphatic heterocycles. The van der Waals surface area contributed by atoms with Crippen molar-refractivity contribution in [3.8, 4) is 17.1 Å². The van der Waals surface area contributed by atoms with Gasteiger partial charge in [-0.1, -0.05) is 13.8 Å². The molecule has 1 aromatic heterocycles. The number of hydrogen-bond donors (Lipinski definition) is 1. The molecule has 2 aromatic rings. The van der Waals surface area contributed by atoms with Gasteiger partial charge in [0.25, 0.3) is 5.56 Å². The summed E-state index contributed by atoms with van der Waals surface area (Å²) in [5, 5.41) is 0. The van der Waals surface area contributed by atoms with Gasteiger partial charge in [-0.3, -0.25) is 4.79 Å². The van der Waals surface area contributed by atoms with Crippen LogP contribution in [0, 0.1) is 16.4 Å². The molecule has 1 N–H and O–H groups in total. The lowest BCUT2D eigenvalue weighted by Crippen LogP contribution is -2.17. The topological polar surface area (TPSA) is 55.0 Å². The molecule has 0 radical (unpaired) electrons. The average Bonchev–Trinajstić information content (AvgIpc) is 2.43. The van der Waals surface area contributed by atoms with E-state index in [1.807, 2.05) is 25.1 Å². The molecule has 0 saturated carbocycles. The molecular formula is C16H19IN2O2. The molecule has 0 unspecified atom stereocenters. The Hall–Kier alpha value is -1.37. The van der Waals surface area contributed by atoms with Crippen LogP contribution >= 0.6 is 22.6 Å². The maximum absolute atomic E-state index is 12.1. The number of methoxy groups -OCH3 is 1. The van der Waals surface area contributed by atoms with Gasteiger partial charge in [-0.2, -0.15) is 0 Å². The quantitative estimate of drug-likeness (QED) is 0.802. The third kappa shape index (κ3) is 3.64. The van der Waals surface area contributed by atoms with Crippen LogP contribution in [0.1, 0.15) is 25.1 Å². The fourth-order valence-electron chi connectivity index (χ4n) is 2.19. The summed E-state index contributed by atoms with van der Waals surface area (Å²) in [7, 11) is 1.65. The van der Waals surface area contributed by atoms with Crippen LogP contribution in [0.3, 0.4) is 0 Å². The Labute approximate surface area is 138 Å². The molecule has 0 spiro atoms. The number of aryl methyl sites for hydroxylation is 1. The van der Waals surface area contributed by atoms with Gasteiger partial charge in [0.1, 0.15) is 11.6 Å². The molecule has 0 bridgehead atoms. The maximum atomic E-state index is 12.1. The Morgan fingerprint density at radius 1 is 1.38 bits per heavy atom. The highest BCUT2D eigenvalue weighted by Gasteiger charge is 2.12. The smallest absolute Gasteiger partial charge is 0.264 e. The van der Waals surface area contributed by atoms with Crippen LogP contribution in [-0.4, -0.2) is 17.1 Å². The van der Waals surface area contributed by atoms with Crippen molar-refractivity contribution in [1.82, 2.24) is 9.97 Å². The van der Waals surface area contributed by atoms with E-state index < -0.39 is 0 Å². The molecule has 5 heteroatoms. The molecule has 21 heavy (non-hydrogen) atoms. The van der Waals surface area contributed by atoms with Crippen molar-refractivity contribution in [2.24, 2.45) is 5.92 Å². The number of halogens is 1. The monoisotopic (exact) mass is 398 g/mol. The van der Waals surface area contributed by atoms with Crippen molar-refractivity contribution in [2.45, 2.75) is 27.2 Å². The van der Waals surface area contributed by atoms with Crippen LogP contribution in [0.5, 0.6) is 5.75 Å². The Morgan fingerprint density at radius 2 is 2.10 bits per heavy atom. The van der Waals surface area contributed by atoms with Gasteiger partial charge < -0.3 is 9.72 Å². The lowest BCUT2D eigenvalue weighted by Gasteiger charge is -2.10. The van der Waals surface area contributed by atoms with Gasteiger partial charge >= 0.3 is 0 Å². The van der Waals surface area contributed by atoms with Crippen LogP contribution in [-0.2, 0) is 6.42 Å². The van der Waals surface area contributed by atoms with Gasteiger partial charge in [0.05, 0.1) is 16.4 Å². The number of nitrogens with one attached hydrogen (secondary N) is 1. The predicted molar refractivity (Wildman–Crippen MR) is 92.8 cm³/mol. The number of ether oxygens (including phenoxy) is 1. The van der Waals surface area contributed by atoms with Gasteiger partial charge in [0.15, 0.2) is 0 Å². The fraction of sp³-hybridized carbons (Fsp3) is 0.375. The van der Waals surface area contributed by atoms with E-state index >= 15 is 0 Å². The highest BCUT2D eigenvalue weighted by Crippen LogP contribution is 2.24. The number of aromatic amines is 1. The number of aromatic nitrogens is 2. The van der Waals surface area contributed by atoms with Crippen molar-refractivity contribution in [3.05, 3.63) is 43.4 Å². The van der Waals surface area contributed by atoms with E-state index in [9.17, 15) is 4.79 Å². The van der Waals surface area contributed by atoms with Crippen molar-refractivity contribution >= 4 is 22.6 Å². The molecule has 1 aromatic carbocycles. The zero-order chi connectivity index (χ0) is 15.6. The van der Waals surface area contributed by atoms with E-state index in [1.165, 1.54) is 0 Å². The summed E-state index contributed by atoms with van der Waals surface area (Å²) in [6, 6.07) is 5.78. The molecule has 0 fully saturated rings. The molecule has 1 heterocycles. The average molecular weight is 398 g/mol. The molecule has 0 aliphatic carbocycles. The summed E-state index contributed by atoms with van der Waals surface area (Å²) in [6.07, 6.45) is 0.796. The van der Waals surface area contributed by atoms with Gasteiger partial charge in [-0.15, -0.1) is 0 Å². The molecule has 0 atom stereocenters. The van der Waals surface area contributed by atoms with Crippen molar-refractivity contribution in [2.75, 3.05) is 7.11 Å². The maximum Gasteiger partial charge on any atom is 0.264 e. The van der Waals surface area contributed by atoms with E-state index in [2.05, 4.69) is 46.4 Å². The summed E-state index contributed by atoms with van der Waals surface area (Å²) in [5.41, 5.74) is 2.69. The second-order valence-corrected chi connectivity index (χ2v) is 6.54. The van der Waals surface area contributed by atoms with Crippen molar-refractivity contribution in [1.29, 1.82) is 0 Å². The predicted octanol–water partition coefficient (Wildman–Crippen LogP) is 3.56. The van der Waals surface area contributed by atoms with Crippen LogP contribution in [0.15, 0.2) is 23.0 Å². The molecule has 0 amide bonds. The second kappa shape index (κ2) is 6.60. The van der Waals surface area contributed by atoms with Crippen LogP contribution in [0.2, 0.25) is 0 Å². The number of nitrogens with zero attached hydrogens (tertiary/aromatic N) is 1. The molecule has 0 aliphatic rings. The number of benzene rings is 1. The van der Waals surface area contributed by atoms with Gasteiger partial charge in [0.2, 0.25) is 0 Å². The first-order valence-corrected chi connectivity index (χ1v) is 7.94. The normalized spacial score (nSPS) is 11.0. The van der Waals surface area contributed by atoms with Crippen LogP contribution in [0.25, 0.3) is 11.4 Å². The standard InChI is InChI=1S/C16H19IN2O2/c1-9(2)7-12-14(17)16(20)19-15(18-12)11-5-6-13(21-4)10(3)8-11/h5-6,8-9H,7H2,1-4H3,(H,18,19,20). The third-order valence-electron chi connectivity index (χ3n) is 3.20. The Morgan fingerprint density at radius 3 is 2.67 bits per heavy atom. The summed E-state index contributed by atoms with van der Waals surface area (Å²) in [4.78, 5) is 19.6. The lowest BCUT2D eigenvalue weighted by molar-refractivity contribution is 0.412. The number of H-pyrrole nitrogens is 1. The van der Waals surface area contributed by atoms with E-state index in [0.717, 1.165) is 29.0 Å². The lowest BCUT2D eigenvalue weighted by atomic mass is 10.1. The SMILES string of the molecule is COc1ccc(-c2nc(CC(C)C)c(I)c(=O)[nH]2)cc1C. The fourth-order valence-corrected chi connectivity index (χ4v) is 2.67. The van der Waals surface area contributed by atoms with E-state index in [4.69, 9.17) is 4.74 Å². The Bertz CT molecular complexity index is 708. The summed E-state index contributed by atoms with van der Waals surface area (Å²) >= 11 is 2.07. The molecule has 0 saturated heterocycles. The number of rotatable bonds is 4. The van der Waals surface area contributed by atoms with Gasteiger partial charge in [-0.25, -0.2) is 4.98 Å². The largest absolute Gasteiger partial charge is 0.496 e. The van der Waals surface area contributed by atoms with Crippen molar-refractivity contribution < 1.29 is 4.74 Å². The zero-order valence-electron chi connectivity index (χ0n) is 12.7. The first-order valence-electron chi connectivity index (χ1n) is 6.86. The second-order valence-electron chi connectivity index (χ2n) is 5.46. The van der Waals surface area contributed by atoms with E-state index in [1.54, 1.807) is 7.11 Å². The third-order valence-corrected chi connectivity index (χ3v) is 4.31. The highest BCUT2D eigenvalue weighted by molar-refractivity contribution is 14.1. The Kier molecular flexibility index (Phi) is 5.03. The van der Waals surface area contributed by atoms with Crippen LogP contribution < -0.4 is 10.3 Å². The first-order chi connectivity index (χ1) is 9.92. The Balaban J connectivity index is 2.51. The van der Waals surface area contributed by atoms with Crippen LogP contribution in [0.4, 0.5) is 0 Å². The minimum atomic E-state index is -0.0790. The first kappa shape index (κ1) is 16.0. The number of hydrogen-bond acceptors (Lipinski definition) is 3. The summed E-state index contributed by atoms with van der Waals surface area (Å²) < 4.78 is 5.94. The van der Waals surface area contributed by atoms with Crippen molar-refractivity contribution in [3.63, 3.8) is 0 Å². The van der Waals surface area contributed by atoms with E-state index in [0.29, 0.717) is 15.3 Å². The zero-order valence-corrected chi connectivity index (χ0v) is 14.8. The molecule has 4 nitrogen and oxygen atoms in total.